The van der Waals surface area contributed by atoms with Crippen molar-refractivity contribution in [3.05, 3.63) is 65.7 Å². The fraction of sp³-hybridized carbons (Fsp3) is 0.435. The smallest absolute Gasteiger partial charge is 0.234 e. The molecule has 0 bridgehead atoms. The molecule has 0 aliphatic carbocycles. The molecule has 0 saturated carbocycles. The highest BCUT2D eigenvalue weighted by atomic mass is 16.2. The Labute approximate surface area is 163 Å². The van der Waals surface area contributed by atoms with E-state index < -0.39 is 0 Å². The van der Waals surface area contributed by atoms with E-state index in [1.165, 1.54) is 11.3 Å². The van der Waals surface area contributed by atoms with Crippen molar-refractivity contribution in [1.29, 1.82) is 0 Å². The van der Waals surface area contributed by atoms with E-state index in [2.05, 4.69) is 77.5 Å². The zero-order valence-corrected chi connectivity index (χ0v) is 16.5. The lowest BCUT2D eigenvalue weighted by atomic mass is 10.0. The van der Waals surface area contributed by atoms with Gasteiger partial charge in [-0.3, -0.25) is 9.69 Å². The van der Waals surface area contributed by atoms with Crippen molar-refractivity contribution in [2.45, 2.75) is 32.7 Å². The number of hydrogen-bond acceptors (Lipinski definition) is 3. The van der Waals surface area contributed by atoms with Crippen molar-refractivity contribution in [3.8, 4) is 0 Å². The summed E-state index contributed by atoms with van der Waals surface area (Å²) in [5, 5.41) is 3.14. The van der Waals surface area contributed by atoms with Crippen LogP contribution in [0.1, 0.15) is 37.4 Å². The summed E-state index contributed by atoms with van der Waals surface area (Å²) in [6.45, 7) is 8.49. The maximum absolute atomic E-state index is 12.4. The number of amides is 1. The summed E-state index contributed by atoms with van der Waals surface area (Å²) in [4.78, 5) is 17.1. The van der Waals surface area contributed by atoms with Crippen molar-refractivity contribution in [2.75, 3.05) is 37.6 Å². The number of rotatable bonds is 7. The van der Waals surface area contributed by atoms with Crippen LogP contribution in [0.25, 0.3) is 0 Å². The molecule has 3 rings (SSSR count). The molecule has 4 nitrogen and oxygen atoms in total. The topological polar surface area (TPSA) is 35.6 Å². The van der Waals surface area contributed by atoms with Gasteiger partial charge in [0.05, 0.1) is 12.6 Å². The largest absolute Gasteiger partial charge is 0.369 e. The average Bonchev–Trinajstić information content (AvgIpc) is 2.70. The SMILES string of the molecule is CCCc1ccc(C(C)NC(=O)CN2CCN(c3ccccc3)CC2)cc1. The molecule has 1 aliphatic heterocycles. The van der Waals surface area contributed by atoms with Crippen LogP contribution in [0.15, 0.2) is 54.6 Å². The van der Waals surface area contributed by atoms with Crippen LogP contribution in [0.3, 0.4) is 0 Å². The first-order chi connectivity index (χ1) is 13.2. The molecule has 2 aromatic rings. The molecule has 0 aromatic heterocycles. The standard InChI is InChI=1S/C23H31N3O/c1-3-7-20-10-12-21(13-11-20)19(2)24-23(27)18-25-14-16-26(17-15-25)22-8-5-4-6-9-22/h4-6,8-13,19H,3,7,14-18H2,1-2H3,(H,24,27). The summed E-state index contributed by atoms with van der Waals surface area (Å²) in [5.41, 5.74) is 3.79. The Bertz CT molecular complexity index is 706. The molecule has 0 spiro atoms. The molecular weight excluding hydrogens is 334 g/mol. The minimum absolute atomic E-state index is 0.0405. The van der Waals surface area contributed by atoms with Crippen molar-refractivity contribution in [1.82, 2.24) is 10.2 Å². The zero-order chi connectivity index (χ0) is 19.1. The molecule has 1 heterocycles. The second kappa shape index (κ2) is 9.56. The Balaban J connectivity index is 1.44. The van der Waals surface area contributed by atoms with Crippen LogP contribution in [0.5, 0.6) is 0 Å². The zero-order valence-electron chi connectivity index (χ0n) is 16.5. The number of hydrogen-bond donors (Lipinski definition) is 1. The third kappa shape index (κ3) is 5.57. The van der Waals surface area contributed by atoms with E-state index in [0.29, 0.717) is 6.54 Å². The summed E-state index contributed by atoms with van der Waals surface area (Å²) >= 11 is 0. The minimum Gasteiger partial charge on any atom is -0.369 e. The van der Waals surface area contributed by atoms with Crippen LogP contribution in [-0.2, 0) is 11.2 Å². The van der Waals surface area contributed by atoms with E-state index in [4.69, 9.17) is 0 Å². The number of piperazine rings is 1. The van der Waals surface area contributed by atoms with Crippen LogP contribution >= 0.6 is 0 Å². The van der Waals surface area contributed by atoms with Crippen LogP contribution in [0.2, 0.25) is 0 Å². The van der Waals surface area contributed by atoms with Gasteiger partial charge in [0, 0.05) is 31.9 Å². The second-order valence-electron chi connectivity index (χ2n) is 7.38. The molecule has 1 saturated heterocycles. The Morgan fingerprint density at radius 2 is 1.67 bits per heavy atom. The van der Waals surface area contributed by atoms with Gasteiger partial charge < -0.3 is 10.2 Å². The number of carbonyl (C=O) groups is 1. The van der Waals surface area contributed by atoms with Crippen molar-refractivity contribution < 1.29 is 4.79 Å². The van der Waals surface area contributed by atoms with Gasteiger partial charge in [0.1, 0.15) is 0 Å². The second-order valence-corrected chi connectivity index (χ2v) is 7.38. The summed E-state index contributed by atoms with van der Waals surface area (Å²) < 4.78 is 0. The highest BCUT2D eigenvalue weighted by Crippen LogP contribution is 2.16. The first-order valence-electron chi connectivity index (χ1n) is 10.1. The monoisotopic (exact) mass is 365 g/mol. The maximum Gasteiger partial charge on any atom is 0.234 e. The summed E-state index contributed by atoms with van der Waals surface area (Å²) in [7, 11) is 0. The molecule has 2 aromatic carbocycles. The number of anilines is 1. The lowest BCUT2D eigenvalue weighted by Crippen LogP contribution is -2.49. The van der Waals surface area contributed by atoms with Crippen LogP contribution < -0.4 is 10.2 Å². The predicted molar refractivity (Wildman–Crippen MR) is 112 cm³/mol. The summed E-state index contributed by atoms with van der Waals surface area (Å²) in [5.74, 6) is 0.105. The number of nitrogens with zero attached hydrogens (tertiary/aromatic N) is 2. The van der Waals surface area contributed by atoms with E-state index in [0.717, 1.165) is 44.6 Å². The molecule has 1 atom stereocenters. The Morgan fingerprint density at radius 3 is 2.30 bits per heavy atom. The highest BCUT2D eigenvalue weighted by Gasteiger charge is 2.20. The van der Waals surface area contributed by atoms with Gasteiger partial charge >= 0.3 is 0 Å². The molecule has 1 aliphatic rings. The summed E-state index contributed by atoms with van der Waals surface area (Å²) in [6.07, 6.45) is 2.26. The van der Waals surface area contributed by atoms with Gasteiger partial charge in [-0.15, -0.1) is 0 Å². The lowest BCUT2D eigenvalue weighted by Gasteiger charge is -2.35. The predicted octanol–water partition coefficient (Wildman–Crippen LogP) is 3.64. The van der Waals surface area contributed by atoms with E-state index >= 15 is 0 Å². The molecule has 144 valence electrons. The Morgan fingerprint density at radius 1 is 1.00 bits per heavy atom. The number of para-hydroxylation sites is 1. The Hall–Kier alpha value is -2.33. The van der Waals surface area contributed by atoms with Crippen molar-refractivity contribution >= 4 is 11.6 Å². The van der Waals surface area contributed by atoms with Crippen LogP contribution in [-0.4, -0.2) is 43.5 Å². The maximum atomic E-state index is 12.4. The molecule has 1 N–H and O–H groups in total. The molecule has 4 heteroatoms. The van der Waals surface area contributed by atoms with Gasteiger partial charge in [0.2, 0.25) is 5.91 Å². The molecule has 1 unspecified atom stereocenters. The van der Waals surface area contributed by atoms with Gasteiger partial charge in [-0.25, -0.2) is 0 Å². The third-order valence-electron chi connectivity index (χ3n) is 5.26. The number of nitrogens with one attached hydrogen (secondary N) is 1. The van der Waals surface area contributed by atoms with E-state index in [9.17, 15) is 4.79 Å². The summed E-state index contributed by atoms with van der Waals surface area (Å²) in [6, 6.07) is 19.1. The van der Waals surface area contributed by atoms with Crippen LogP contribution in [0.4, 0.5) is 5.69 Å². The van der Waals surface area contributed by atoms with Gasteiger partial charge in [-0.2, -0.15) is 0 Å². The number of carbonyl (C=O) groups excluding carboxylic acids is 1. The quantitative estimate of drug-likeness (QED) is 0.814. The fourth-order valence-electron chi connectivity index (χ4n) is 3.64. The molecule has 1 amide bonds. The van der Waals surface area contributed by atoms with Gasteiger partial charge in [-0.05, 0) is 36.6 Å². The molecule has 27 heavy (non-hydrogen) atoms. The molecule has 1 fully saturated rings. The minimum atomic E-state index is 0.0405. The van der Waals surface area contributed by atoms with Crippen molar-refractivity contribution in [3.63, 3.8) is 0 Å². The number of aryl methyl sites for hydroxylation is 1. The molecule has 0 radical (unpaired) electrons. The lowest BCUT2D eigenvalue weighted by molar-refractivity contribution is -0.123. The first-order valence-corrected chi connectivity index (χ1v) is 10.1. The third-order valence-corrected chi connectivity index (χ3v) is 5.26. The molecular formula is C23H31N3O. The van der Waals surface area contributed by atoms with Gasteiger partial charge in [0.15, 0.2) is 0 Å². The Kier molecular flexibility index (Phi) is 6.88. The van der Waals surface area contributed by atoms with E-state index in [-0.39, 0.29) is 11.9 Å². The van der Waals surface area contributed by atoms with E-state index in [1.54, 1.807) is 0 Å². The first kappa shape index (κ1) is 19.4. The number of benzene rings is 2. The highest BCUT2D eigenvalue weighted by molar-refractivity contribution is 5.78. The normalized spacial score (nSPS) is 16.1. The van der Waals surface area contributed by atoms with Gasteiger partial charge in [0.25, 0.3) is 0 Å². The fourth-order valence-corrected chi connectivity index (χ4v) is 3.64. The van der Waals surface area contributed by atoms with Crippen molar-refractivity contribution in [2.24, 2.45) is 0 Å². The van der Waals surface area contributed by atoms with Crippen LogP contribution in [0, 0.1) is 0 Å². The van der Waals surface area contributed by atoms with Gasteiger partial charge in [-0.1, -0.05) is 55.8 Å². The average molecular weight is 366 g/mol. The van der Waals surface area contributed by atoms with E-state index in [1.807, 2.05) is 6.07 Å².